The van der Waals surface area contributed by atoms with Crippen molar-refractivity contribution >= 4 is 34.7 Å². The number of anilines is 4. The SMILES string of the molecule is COc1ccc(C)cc1NC(=O)Nc1cc(NC(=O)c2ccccc2)ccc1N1CCCCCC1. The lowest BCUT2D eigenvalue weighted by Gasteiger charge is -2.26. The maximum Gasteiger partial charge on any atom is 0.323 e. The Bertz CT molecular complexity index is 1170. The van der Waals surface area contributed by atoms with E-state index in [2.05, 4.69) is 20.9 Å². The molecule has 0 unspecified atom stereocenters. The van der Waals surface area contributed by atoms with Crippen LogP contribution in [0.5, 0.6) is 5.75 Å². The molecule has 0 bridgehead atoms. The topological polar surface area (TPSA) is 82.7 Å². The summed E-state index contributed by atoms with van der Waals surface area (Å²) in [6, 6.07) is 20.0. The molecule has 0 saturated carbocycles. The van der Waals surface area contributed by atoms with Gasteiger partial charge >= 0.3 is 6.03 Å². The van der Waals surface area contributed by atoms with E-state index in [0.29, 0.717) is 28.4 Å². The van der Waals surface area contributed by atoms with Crippen molar-refractivity contribution in [1.29, 1.82) is 0 Å². The van der Waals surface area contributed by atoms with Crippen molar-refractivity contribution in [2.24, 2.45) is 0 Å². The van der Waals surface area contributed by atoms with Gasteiger partial charge in [0.15, 0.2) is 0 Å². The number of aryl methyl sites for hydroxylation is 1. The molecule has 0 aromatic heterocycles. The van der Waals surface area contributed by atoms with Gasteiger partial charge in [0.25, 0.3) is 5.91 Å². The first-order valence-corrected chi connectivity index (χ1v) is 12.0. The molecule has 1 aliphatic rings. The predicted molar refractivity (Wildman–Crippen MR) is 142 cm³/mol. The molecule has 35 heavy (non-hydrogen) atoms. The summed E-state index contributed by atoms with van der Waals surface area (Å²) < 4.78 is 5.39. The van der Waals surface area contributed by atoms with Gasteiger partial charge in [0.2, 0.25) is 0 Å². The molecular formula is C28H32N4O3. The highest BCUT2D eigenvalue weighted by Gasteiger charge is 2.17. The molecule has 3 aromatic rings. The lowest BCUT2D eigenvalue weighted by Crippen LogP contribution is -2.27. The Labute approximate surface area is 206 Å². The Morgan fingerprint density at radius 3 is 2.23 bits per heavy atom. The van der Waals surface area contributed by atoms with Gasteiger partial charge in [-0.15, -0.1) is 0 Å². The van der Waals surface area contributed by atoms with E-state index in [1.54, 1.807) is 19.2 Å². The molecule has 1 fully saturated rings. The number of nitrogens with zero attached hydrogens (tertiary/aromatic N) is 1. The van der Waals surface area contributed by atoms with Crippen LogP contribution in [0.2, 0.25) is 0 Å². The highest BCUT2D eigenvalue weighted by molar-refractivity contribution is 6.06. The minimum Gasteiger partial charge on any atom is -0.495 e. The summed E-state index contributed by atoms with van der Waals surface area (Å²) in [6.07, 6.45) is 4.63. The van der Waals surface area contributed by atoms with Crippen molar-refractivity contribution in [3.63, 3.8) is 0 Å². The molecule has 0 spiro atoms. The second-order valence-electron chi connectivity index (χ2n) is 8.74. The van der Waals surface area contributed by atoms with Crippen LogP contribution < -0.4 is 25.6 Å². The van der Waals surface area contributed by atoms with Crippen molar-refractivity contribution in [2.75, 3.05) is 41.0 Å². The van der Waals surface area contributed by atoms with E-state index in [9.17, 15) is 9.59 Å². The Balaban J connectivity index is 1.59. The molecule has 4 rings (SSSR count). The van der Waals surface area contributed by atoms with Crippen molar-refractivity contribution in [3.05, 3.63) is 77.9 Å². The van der Waals surface area contributed by atoms with Gasteiger partial charge in [-0.2, -0.15) is 0 Å². The fourth-order valence-corrected chi connectivity index (χ4v) is 4.29. The number of methoxy groups -OCH3 is 1. The summed E-state index contributed by atoms with van der Waals surface area (Å²) in [5.74, 6) is 0.385. The third-order valence-corrected chi connectivity index (χ3v) is 6.09. The molecule has 3 amide bonds. The van der Waals surface area contributed by atoms with Crippen molar-refractivity contribution in [2.45, 2.75) is 32.6 Å². The first kappa shape index (κ1) is 24.1. The minimum atomic E-state index is -0.378. The lowest BCUT2D eigenvalue weighted by molar-refractivity contribution is 0.102. The number of ether oxygens (including phenoxy) is 1. The fraction of sp³-hybridized carbons (Fsp3) is 0.286. The fourth-order valence-electron chi connectivity index (χ4n) is 4.29. The lowest BCUT2D eigenvalue weighted by atomic mass is 10.1. The largest absolute Gasteiger partial charge is 0.495 e. The standard InChI is InChI=1S/C28H32N4O3/c1-20-12-15-26(35-2)24(18-20)31-28(34)30-23-19-22(29-27(33)21-10-6-5-7-11-21)13-14-25(23)32-16-8-3-4-9-17-32/h5-7,10-15,18-19H,3-4,8-9,16-17H2,1-2H3,(H,29,33)(H2,30,31,34). The van der Waals surface area contributed by atoms with Crippen LogP contribution in [0, 0.1) is 6.92 Å². The highest BCUT2D eigenvalue weighted by Crippen LogP contribution is 2.32. The molecule has 1 aliphatic heterocycles. The number of hydrogen-bond donors (Lipinski definition) is 3. The Morgan fingerprint density at radius 2 is 1.51 bits per heavy atom. The molecule has 0 aliphatic carbocycles. The van der Waals surface area contributed by atoms with Gasteiger partial charge in [0.1, 0.15) is 5.75 Å². The molecule has 182 valence electrons. The highest BCUT2D eigenvalue weighted by atomic mass is 16.5. The molecule has 0 radical (unpaired) electrons. The van der Waals surface area contributed by atoms with Crippen LogP contribution in [-0.4, -0.2) is 32.1 Å². The third-order valence-electron chi connectivity index (χ3n) is 6.09. The van der Waals surface area contributed by atoms with Crippen LogP contribution in [0.3, 0.4) is 0 Å². The second kappa shape index (κ2) is 11.4. The van der Waals surface area contributed by atoms with Gasteiger partial charge in [0.05, 0.1) is 24.2 Å². The van der Waals surface area contributed by atoms with Gasteiger partial charge in [-0.05, 0) is 67.8 Å². The Morgan fingerprint density at radius 1 is 0.800 bits per heavy atom. The van der Waals surface area contributed by atoms with E-state index in [1.165, 1.54) is 12.8 Å². The summed E-state index contributed by atoms with van der Waals surface area (Å²) in [5.41, 5.74) is 4.37. The normalized spacial score (nSPS) is 13.5. The van der Waals surface area contributed by atoms with E-state index in [0.717, 1.165) is 37.2 Å². The van der Waals surface area contributed by atoms with Crippen LogP contribution in [0.1, 0.15) is 41.6 Å². The summed E-state index contributed by atoms with van der Waals surface area (Å²) in [7, 11) is 1.57. The molecule has 7 heteroatoms. The van der Waals surface area contributed by atoms with E-state index in [4.69, 9.17) is 4.74 Å². The number of carbonyl (C=O) groups is 2. The van der Waals surface area contributed by atoms with Gasteiger partial charge in [0, 0.05) is 24.3 Å². The van der Waals surface area contributed by atoms with Crippen LogP contribution in [0.4, 0.5) is 27.5 Å². The predicted octanol–water partition coefficient (Wildman–Crippen LogP) is 6.28. The first-order valence-electron chi connectivity index (χ1n) is 12.0. The summed E-state index contributed by atoms with van der Waals surface area (Å²) in [6.45, 7) is 3.81. The van der Waals surface area contributed by atoms with Crippen LogP contribution in [0.15, 0.2) is 66.7 Å². The smallest absolute Gasteiger partial charge is 0.323 e. The maximum absolute atomic E-state index is 13.0. The molecule has 3 aromatic carbocycles. The van der Waals surface area contributed by atoms with E-state index in [1.807, 2.05) is 61.5 Å². The number of nitrogens with one attached hydrogen (secondary N) is 3. The number of benzene rings is 3. The summed E-state index contributed by atoms with van der Waals surface area (Å²) in [5, 5.41) is 8.84. The van der Waals surface area contributed by atoms with E-state index < -0.39 is 0 Å². The molecule has 1 saturated heterocycles. The zero-order valence-corrected chi connectivity index (χ0v) is 20.3. The quantitative estimate of drug-likeness (QED) is 0.394. The number of amides is 3. The van der Waals surface area contributed by atoms with Crippen molar-refractivity contribution in [1.82, 2.24) is 0 Å². The third kappa shape index (κ3) is 6.32. The Hall–Kier alpha value is -4.00. The maximum atomic E-state index is 13.0. The van der Waals surface area contributed by atoms with Gasteiger partial charge in [-0.25, -0.2) is 4.79 Å². The van der Waals surface area contributed by atoms with Crippen LogP contribution in [0.25, 0.3) is 0 Å². The summed E-state index contributed by atoms with van der Waals surface area (Å²) in [4.78, 5) is 28.0. The average Bonchev–Trinajstić information content (AvgIpc) is 3.14. The first-order chi connectivity index (χ1) is 17.0. The molecule has 0 atom stereocenters. The van der Waals surface area contributed by atoms with Crippen LogP contribution >= 0.6 is 0 Å². The van der Waals surface area contributed by atoms with Crippen LogP contribution in [-0.2, 0) is 0 Å². The number of urea groups is 1. The Kier molecular flexibility index (Phi) is 7.88. The van der Waals surface area contributed by atoms with Crippen molar-refractivity contribution in [3.8, 4) is 5.75 Å². The average molecular weight is 473 g/mol. The number of rotatable bonds is 6. The van der Waals surface area contributed by atoms with Gasteiger partial charge < -0.3 is 25.6 Å². The molecule has 7 nitrogen and oxygen atoms in total. The van der Waals surface area contributed by atoms with E-state index >= 15 is 0 Å². The monoisotopic (exact) mass is 472 g/mol. The number of hydrogen-bond acceptors (Lipinski definition) is 4. The molecule has 3 N–H and O–H groups in total. The van der Waals surface area contributed by atoms with E-state index in [-0.39, 0.29) is 11.9 Å². The minimum absolute atomic E-state index is 0.201. The van der Waals surface area contributed by atoms with Crippen molar-refractivity contribution < 1.29 is 14.3 Å². The zero-order valence-electron chi connectivity index (χ0n) is 20.3. The van der Waals surface area contributed by atoms with Gasteiger partial charge in [-0.3, -0.25) is 4.79 Å². The number of carbonyl (C=O) groups excluding carboxylic acids is 2. The molecule has 1 heterocycles. The zero-order chi connectivity index (χ0) is 24.6. The second-order valence-corrected chi connectivity index (χ2v) is 8.74. The molecular weight excluding hydrogens is 440 g/mol. The van der Waals surface area contributed by atoms with Gasteiger partial charge in [-0.1, -0.05) is 37.1 Å². The summed E-state index contributed by atoms with van der Waals surface area (Å²) >= 11 is 0.